The van der Waals surface area contributed by atoms with Gasteiger partial charge in [-0.05, 0) is 184 Å². The van der Waals surface area contributed by atoms with Crippen molar-refractivity contribution in [2.24, 2.45) is 0 Å². The van der Waals surface area contributed by atoms with E-state index in [0.717, 1.165) is 56.6 Å². The second-order valence-electron chi connectivity index (χ2n) is 22.3. The van der Waals surface area contributed by atoms with Gasteiger partial charge >= 0.3 is 0 Å². The maximum atomic E-state index is 2.45. The molecule has 0 spiro atoms. The molecule has 0 radical (unpaired) electrons. The zero-order chi connectivity index (χ0) is 53.6. The first-order valence-corrected chi connectivity index (χ1v) is 28.3. The summed E-state index contributed by atoms with van der Waals surface area (Å²) in [5.74, 6) is 0. The van der Waals surface area contributed by atoms with E-state index >= 15 is 0 Å². The Morgan fingerprint density at radius 2 is 0.848 bits per heavy atom. The lowest BCUT2D eigenvalue weighted by atomic mass is 9.73. The van der Waals surface area contributed by atoms with E-state index in [1.54, 1.807) is 0 Å². The van der Waals surface area contributed by atoms with E-state index in [4.69, 9.17) is 0 Å². The van der Waals surface area contributed by atoms with Gasteiger partial charge in [-0.2, -0.15) is 0 Å². The number of anilines is 11. The second kappa shape index (κ2) is 18.8. The Hall–Kier alpha value is -9.16. The van der Waals surface area contributed by atoms with Gasteiger partial charge in [0, 0.05) is 89.2 Å². The first-order chi connectivity index (χ1) is 38.5. The third kappa shape index (κ3) is 8.02. The summed E-state index contributed by atoms with van der Waals surface area (Å²) >= 11 is 1.86. The molecule has 0 bridgehead atoms. The molecule has 11 aromatic carbocycles. The molecule has 1 aliphatic heterocycles. The van der Waals surface area contributed by atoms with Crippen LogP contribution < -0.4 is 19.6 Å². The Morgan fingerprint density at radius 3 is 1.56 bits per heavy atom. The molecular formula is C74H60N4S. The highest BCUT2D eigenvalue weighted by Crippen LogP contribution is 2.55. The number of thiophene rings is 1. The van der Waals surface area contributed by atoms with Crippen LogP contribution in [0.25, 0.3) is 42.4 Å². The van der Waals surface area contributed by atoms with E-state index in [1.807, 2.05) is 11.3 Å². The highest BCUT2D eigenvalue weighted by atomic mass is 32.1. The number of nitrogens with zero attached hydrogens (tertiary/aromatic N) is 4. The summed E-state index contributed by atoms with van der Waals surface area (Å²) in [6.07, 6.45) is 0. The van der Waals surface area contributed by atoms with Crippen LogP contribution in [0.5, 0.6) is 0 Å². The fourth-order valence-corrected chi connectivity index (χ4v) is 13.9. The van der Waals surface area contributed by atoms with E-state index in [1.165, 1.54) is 76.2 Å². The van der Waals surface area contributed by atoms with Crippen LogP contribution in [0.15, 0.2) is 255 Å². The van der Waals surface area contributed by atoms with Crippen LogP contribution in [0.2, 0.25) is 0 Å². The van der Waals surface area contributed by atoms with Crippen molar-refractivity contribution < 1.29 is 0 Å². The van der Waals surface area contributed by atoms with Gasteiger partial charge in [0.05, 0.1) is 11.4 Å². The molecule has 4 nitrogen and oxygen atoms in total. The van der Waals surface area contributed by atoms with Crippen molar-refractivity contribution in [2.75, 3.05) is 26.6 Å². The van der Waals surface area contributed by atoms with Gasteiger partial charge in [0.15, 0.2) is 0 Å². The Labute approximate surface area is 468 Å². The van der Waals surface area contributed by atoms with Crippen molar-refractivity contribution in [3.63, 3.8) is 0 Å². The van der Waals surface area contributed by atoms with Crippen LogP contribution in [0.1, 0.15) is 55.5 Å². The van der Waals surface area contributed by atoms with Gasteiger partial charge in [-0.15, -0.1) is 11.3 Å². The molecular weight excluding hydrogens is 977 g/mol. The van der Waals surface area contributed by atoms with Gasteiger partial charge < -0.3 is 19.6 Å². The minimum Gasteiger partial charge on any atom is -0.344 e. The number of aryl methyl sites for hydroxylation is 1. The molecule has 0 unspecified atom stereocenters. The van der Waals surface area contributed by atoms with Crippen molar-refractivity contribution >= 4 is 94.1 Å². The first-order valence-electron chi connectivity index (χ1n) is 27.5. The lowest BCUT2D eigenvalue weighted by Gasteiger charge is -2.42. The molecule has 1 aromatic heterocycles. The summed E-state index contributed by atoms with van der Waals surface area (Å²) in [4.78, 5) is 9.57. The normalized spacial score (nSPS) is 13.6. The zero-order valence-electron chi connectivity index (χ0n) is 45.4. The second-order valence-corrected chi connectivity index (χ2v) is 23.4. The monoisotopic (exact) mass is 1040 g/mol. The van der Waals surface area contributed by atoms with Crippen LogP contribution in [0, 0.1) is 6.92 Å². The van der Waals surface area contributed by atoms with Crippen molar-refractivity contribution in [3.05, 3.63) is 283 Å². The minimum absolute atomic E-state index is 0.130. The van der Waals surface area contributed by atoms with Crippen LogP contribution in [0.4, 0.5) is 62.6 Å². The molecule has 0 N–H and O–H groups in total. The number of fused-ring (bicyclic) bond motifs is 8. The molecule has 5 heteroatoms. The fourth-order valence-electron chi connectivity index (χ4n) is 12.8. The Morgan fingerprint density at radius 1 is 0.354 bits per heavy atom. The van der Waals surface area contributed by atoms with E-state index in [9.17, 15) is 0 Å². The topological polar surface area (TPSA) is 13.0 Å². The van der Waals surface area contributed by atoms with E-state index in [2.05, 4.69) is 316 Å². The van der Waals surface area contributed by atoms with Gasteiger partial charge in [0.25, 0.3) is 0 Å². The summed E-state index contributed by atoms with van der Waals surface area (Å²) in [5, 5.41) is 2.56. The lowest BCUT2D eigenvalue weighted by molar-refractivity contribution is 0.632. The fraction of sp³-hybridized carbons (Fsp3) is 0.108. The summed E-state index contributed by atoms with van der Waals surface area (Å²) in [6.45, 7) is 11.7. The average molecular weight is 1040 g/mol. The van der Waals surface area contributed by atoms with Crippen molar-refractivity contribution in [1.82, 2.24) is 0 Å². The minimum atomic E-state index is -0.262. The number of hydrogen-bond acceptors (Lipinski definition) is 5. The molecule has 0 fully saturated rings. The van der Waals surface area contributed by atoms with E-state index in [-0.39, 0.29) is 10.8 Å². The highest BCUT2D eigenvalue weighted by molar-refractivity contribution is 7.25. The SMILES string of the molecule is Cc1cc(N(c2ccc(-c3ccc(N(c4ccc5c(c4)C(C)(C)c4ccccc4N5c4ccccc4)c4ccc5sc6ccccc6c5c4)cc3)cc2)c2ccc3c(c2)C(C)(C)c2ccccc2-3)ccc1N(C)c1ccccc1. The van der Waals surface area contributed by atoms with Gasteiger partial charge in [0.1, 0.15) is 0 Å². The molecule has 12 aromatic rings. The molecule has 0 saturated heterocycles. The van der Waals surface area contributed by atoms with Gasteiger partial charge in [-0.1, -0.05) is 155 Å². The highest BCUT2D eigenvalue weighted by Gasteiger charge is 2.38. The van der Waals surface area contributed by atoms with Crippen molar-refractivity contribution in [2.45, 2.75) is 45.4 Å². The predicted octanol–water partition coefficient (Wildman–Crippen LogP) is 21.2. The van der Waals surface area contributed by atoms with Crippen LogP contribution >= 0.6 is 11.3 Å². The molecule has 0 amide bonds. The number of benzene rings is 11. The number of para-hydroxylation sites is 3. The molecule has 1 aliphatic carbocycles. The van der Waals surface area contributed by atoms with Gasteiger partial charge in [-0.3, -0.25) is 0 Å². The number of hydrogen-bond donors (Lipinski definition) is 0. The lowest BCUT2D eigenvalue weighted by Crippen LogP contribution is -2.30. The Balaban J connectivity index is 0.850. The molecule has 79 heavy (non-hydrogen) atoms. The van der Waals surface area contributed by atoms with Gasteiger partial charge in [0.2, 0.25) is 0 Å². The van der Waals surface area contributed by atoms with Gasteiger partial charge in [-0.25, -0.2) is 0 Å². The van der Waals surface area contributed by atoms with Crippen molar-refractivity contribution in [1.29, 1.82) is 0 Å². The van der Waals surface area contributed by atoms with E-state index in [0.29, 0.717) is 0 Å². The van der Waals surface area contributed by atoms with Crippen LogP contribution in [0.3, 0.4) is 0 Å². The summed E-state index contributed by atoms with van der Waals surface area (Å²) in [7, 11) is 2.15. The molecule has 14 rings (SSSR count). The standard InChI is InChI=1S/C74H60N4S/c1-49-45-56(38-42-68(49)75(6)52-19-9-7-10-20-52)76(58-37-41-61-60-23-13-15-25-64(60)73(2,3)66(61)47-58)54-33-29-50(30-34-54)51-31-35-55(36-32-51)77(57-40-44-72-63(46-57)62-24-14-18-28-71(62)79-72)59-39-43-70-67(48-59)74(4,5)65-26-16-17-27-69(65)78(70)53-21-11-8-12-22-53/h7-48H,1-6H3. The Kier molecular flexibility index (Phi) is 11.5. The third-order valence-electron chi connectivity index (χ3n) is 17.0. The Bertz CT molecular complexity index is 4290. The third-order valence-corrected chi connectivity index (χ3v) is 18.1. The summed E-state index contributed by atoms with van der Waals surface area (Å²) in [5.41, 5.74) is 23.7. The maximum Gasteiger partial charge on any atom is 0.0504 e. The van der Waals surface area contributed by atoms with Crippen LogP contribution in [-0.4, -0.2) is 7.05 Å². The molecule has 0 saturated carbocycles. The summed E-state index contributed by atoms with van der Waals surface area (Å²) < 4.78 is 2.59. The smallest absolute Gasteiger partial charge is 0.0504 e. The molecule has 2 aliphatic rings. The molecule has 0 atom stereocenters. The zero-order valence-corrected chi connectivity index (χ0v) is 46.3. The quantitative estimate of drug-likeness (QED) is 0.135. The maximum absolute atomic E-state index is 2.45. The number of rotatable bonds is 10. The first kappa shape index (κ1) is 48.2. The molecule has 382 valence electrons. The average Bonchev–Trinajstić information content (AvgIpc) is 4.20. The van der Waals surface area contributed by atoms with E-state index < -0.39 is 0 Å². The molecule has 2 heterocycles. The van der Waals surface area contributed by atoms with Crippen LogP contribution in [-0.2, 0) is 10.8 Å². The largest absolute Gasteiger partial charge is 0.344 e. The summed E-state index contributed by atoms with van der Waals surface area (Å²) in [6, 6.07) is 94.2. The predicted molar refractivity (Wildman–Crippen MR) is 338 cm³/mol. The van der Waals surface area contributed by atoms with Crippen molar-refractivity contribution in [3.8, 4) is 22.3 Å².